The molecule has 2 aromatic rings. The molecule has 34 heavy (non-hydrogen) atoms. The zero-order valence-electron chi connectivity index (χ0n) is 19.2. The zero-order valence-corrected chi connectivity index (χ0v) is 20.0. The smallest absolute Gasteiger partial charge is 0.274 e. The molecule has 0 spiro atoms. The van der Waals surface area contributed by atoms with Crippen molar-refractivity contribution in [2.24, 2.45) is 0 Å². The summed E-state index contributed by atoms with van der Waals surface area (Å²) < 4.78 is 32.3. The molecule has 0 saturated heterocycles. The van der Waals surface area contributed by atoms with E-state index in [9.17, 15) is 27.9 Å². The molecule has 0 bridgehead atoms. The molecule has 1 aromatic heterocycles. The van der Waals surface area contributed by atoms with Crippen molar-refractivity contribution >= 4 is 21.8 Å². The zero-order chi connectivity index (χ0) is 24.9. The number of carbonyl (C=O) groups excluding carboxylic acids is 2. The van der Waals surface area contributed by atoms with Crippen molar-refractivity contribution in [3.05, 3.63) is 63.6 Å². The van der Waals surface area contributed by atoms with Crippen LogP contribution in [0.1, 0.15) is 52.2 Å². The minimum atomic E-state index is -3.92. The fourth-order valence-electron chi connectivity index (χ4n) is 3.88. The summed E-state index contributed by atoms with van der Waals surface area (Å²) in [5.74, 6) is -1.89. The molecule has 0 aliphatic carbocycles. The third-order valence-corrected chi connectivity index (χ3v) is 6.01. The van der Waals surface area contributed by atoms with Gasteiger partial charge in [0.2, 0.25) is 15.5 Å². The molecule has 11 heteroatoms. The van der Waals surface area contributed by atoms with Crippen LogP contribution in [0.5, 0.6) is 5.75 Å². The van der Waals surface area contributed by atoms with Crippen LogP contribution in [-0.4, -0.2) is 67.4 Å². The minimum Gasteiger partial charge on any atom is -0.487 e. The maximum absolute atomic E-state index is 13.3. The predicted molar refractivity (Wildman–Crippen MR) is 126 cm³/mol. The Labute approximate surface area is 198 Å². The molecule has 2 heterocycles. The first-order valence-corrected chi connectivity index (χ1v) is 12.9. The average Bonchev–Trinajstić information content (AvgIpc) is 2.77. The molecule has 0 radical (unpaired) electrons. The molecule has 1 atom stereocenters. The normalized spacial score (nSPS) is 15.7. The highest BCUT2D eigenvalue weighted by atomic mass is 32.2. The van der Waals surface area contributed by atoms with E-state index in [1.807, 2.05) is 42.0 Å². The molecule has 1 aliphatic rings. The summed E-state index contributed by atoms with van der Waals surface area (Å²) in [6.45, 7) is 2.13. The van der Waals surface area contributed by atoms with Crippen LogP contribution in [0.4, 0.5) is 0 Å². The number of aromatic nitrogens is 1. The fraction of sp³-hybridized carbons (Fsp3) is 0.435. The minimum absolute atomic E-state index is 0.0161. The van der Waals surface area contributed by atoms with Crippen LogP contribution in [-0.2, 0) is 16.4 Å². The standard InChI is InChI=1S/C23H29N3O7S/c1-3-4-12-33-21-19-23(30)25(10-11-27)14-17(13-16-8-6-5-7-9-16)26(19)15-18(20(21)28)22(29)24-34(2,31)32/h5-9,15,17,27H,3-4,10-14H2,1-2H3,(H,24,29)/t17-/m0/s1. The molecule has 3 rings (SSSR count). The van der Waals surface area contributed by atoms with Crippen molar-refractivity contribution in [3.8, 4) is 5.75 Å². The Kier molecular flexibility index (Phi) is 8.11. The first-order chi connectivity index (χ1) is 16.2. The molecule has 1 aliphatic heterocycles. The van der Waals surface area contributed by atoms with E-state index in [4.69, 9.17) is 4.74 Å². The average molecular weight is 492 g/mol. The topological polar surface area (TPSA) is 135 Å². The molecular formula is C23H29N3O7S. The second kappa shape index (κ2) is 10.8. The summed E-state index contributed by atoms with van der Waals surface area (Å²) in [4.78, 5) is 40.6. The number of aliphatic hydroxyl groups is 1. The van der Waals surface area contributed by atoms with E-state index >= 15 is 0 Å². The fourth-order valence-corrected chi connectivity index (χ4v) is 4.33. The number of nitrogens with one attached hydrogen (secondary N) is 1. The number of fused-ring (bicyclic) bond motifs is 1. The Morgan fingerprint density at radius 3 is 2.56 bits per heavy atom. The second-order valence-corrected chi connectivity index (χ2v) is 9.93. The number of benzene rings is 1. The number of β-amino-alcohol motifs (C(OH)–C–C–N with tert-alkyl or cyclic N) is 1. The van der Waals surface area contributed by atoms with Gasteiger partial charge in [0.25, 0.3) is 11.8 Å². The van der Waals surface area contributed by atoms with Crippen molar-refractivity contribution in [1.29, 1.82) is 0 Å². The summed E-state index contributed by atoms with van der Waals surface area (Å²) in [5, 5.41) is 9.48. The van der Waals surface area contributed by atoms with E-state index in [0.29, 0.717) is 12.8 Å². The highest BCUT2D eigenvalue weighted by molar-refractivity contribution is 7.89. The van der Waals surface area contributed by atoms with Gasteiger partial charge in [-0.25, -0.2) is 13.1 Å². The van der Waals surface area contributed by atoms with E-state index < -0.39 is 32.8 Å². The first kappa shape index (κ1) is 25.4. The molecule has 2 N–H and O–H groups in total. The first-order valence-electron chi connectivity index (χ1n) is 11.0. The quantitative estimate of drug-likeness (QED) is 0.473. The van der Waals surface area contributed by atoms with Gasteiger partial charge in [-0.05, 0) is 18.4 Å². The number of pyridine rings is 1. The van der Waals surface area contributed by atoms with Crippen molar-refractivity contribution in [3.63, 3.8) is 0 Å². The molecule has 0 unspecified atom stereocenters. The Morgan fingerprint density at radius 1 is 1.24 bits per heavy atom. The second-order valence-electron chi connectivity index (χ2n) is 8.18. The Hall–Kier alpha value is -3.18. The van der Waals surface area contributed by atoms with Gasteiger partial charge >= 0.3 is 0 Å². The van der Waals surface area contributed by atoms with Crippen LogP contribution < -0.4 is 14.9 Å². The van der Waals surface area contributed by atoms with Crippen molar-refractivity contribution < 1.29 is 27.9 Å². The maximum Gasteiger partial charge on any atom is 0.274 e. The Morgan fingerprint density at radius 2 is 1.94 bits per heavy atom. The largest absolute Gasteiger partial charge is 0.487 e. The van der Waals surface area contributed by atoms with E-state index in [-0.39, 0.29) is 43.8 Å². The van der Waals surface area contributed by atoms with E-state index in [1.165, 1.54) is 15.7 Å². The number of aliphatic hydroxyl groups excluding tert-OH is 1. The van der Waals surface area contributed by atoms with E-state index in [2.05, 4.69) is 0 Å². The van der Waals surface area contributed by atoms with Crippen LogP contribution in [0, 0.1) is 0 Å². The lowest BCUT2D eigenvalue weighted by molar-refractivity contribution is 0.0616. The molecule has 2 amide bonds. The third-order valence-electron chi connectivity index (χ3n) is 5.46. The van der Waals surface area contributed by atoms with E-state index in [1.54, 1.807) is 0 Å². The van der Waals surface area contributed by atoms with Crippen LogP contribution in [0.25, 0.3) is 0 Å². The van der Waals surface area contributed by atoms with Crippen LogP contribution >= 0.6 is 0 Å². The number of ether oxygens (including phenoxy) is 1. The SMILES string of the molecule is CCCCOc1c2n(cc(C(=O)NS(C)(=O)=O)c1=O)[C@@H](Cc1ccccc1)CN(CCO)C2=O. The van der Waals surface area contributed by atoms with Gasteiger partial charge in [-0.3, -0.25) is 14.4 Å². The highest BCUT2D eigenvalue weighted by Gasteiger charge is 2.36. The van der Waals surface area contributed by atoms with Gasteiger partial charge in [-0.15, -0.1) is 0 Å². The number of amides is 2. The summed E-state index contributed by atoms with van der Waals surface area (Å²) in [6.07, 6.45) is 3.90. The lowest BCUT2D eigenvalue weighted by Crippen LogP contribution is -2.47. The lowest BCUT2D eigenvalue weighted by atomic mass is 10.0. The molecular weight excluding hydrogens is 462 g/mol. The van der Waals surface area contributed by atoms with Gasteiger partial charge in [-0.2, -0.15) is 0 Å². The van der Waals surface area contributed by atoms with Crippen LogP contribution in [0.15, 0.2) is 41.3 Å². The van der Waals surface area contributed by atoms with Gasteiger partial charge in [-0.1, -0.05) is 43.7 Å². The molecule has 1 aromatic carbocycles. The van der Waals surface area contributed by atoms with Crippen LogP contribution in [0.3, 0.4) is 0 Å². The third kappa shape index (κ3) is 5.84. The highest BCUT2D eigenvalue weighted by Crippen LogP contribution is 2.29. The number of hydrogen-bond acceptors (Lipinski definition) is 7. The number of nitrogens with zero attached hydrogens (tertiary/aromatic N) is 2. The number of hydrogen-bond donors (Lipinski definition) is 2. The van der Waals surface area contributed by atoms with Gasteiger partial charge in [0.1, 0.15) is 5.56 Å². The summed E-state index contributed by atoms with van der Waals surface area (Å²) >= 11 is 0. The molecule has 0 fully saturated rings. The number of rotatable bonds is 10. The lowest BCUT2D eigenvalue weighted by Gasteiger charge is -2.37. The molecule has 0 saturated carbocycles. The van der Waals surface area contributed by atoms with Gasteiger partial charge in [0, 0.05) is 19.3 Å². The van der Waals surface area contributed by atoms with Crippen molar-refractivity contribution in [2.45, 2.75) is 32.2 Å². The Balaban J connectivity index is 2.19. The van der Waals surface area contributed by atoms with Crippen molar-refractivity contribution in [1.82, 2.24) is 14.2 Å². The predicted octanol–water partition coefficient (Wildman–Crippen LogP) is 0.948. The summed E-state index contributed by atoms with van der Waals surface area (Å²) in [7, 11) is -3.92. The van der Waals surface area contributed by atoms with Crippen LogP contribution in [0.2, 0.25) is 0 Å². The van der Waals surface area contributed by atoms with Crippen molar-refractivity contribution in [2.75, 3.05) is 32.6 Å². The Bertz CT molecular complexity index is 1210. The van der Waals surface area contributed by atoms with Gasteiger partial charge in [0.05, 0.1) is 25.5 Å². The van der Waals surface area contributed by atoms with Gasteiger partial charge < -0.3 is 19.3 Å². The maximum atomic E-state index is 13.3. The molecule has 184 valence electrons. The van der Waals surface area contributed by atoms with E-state index in [0.717, 1.165) is 18.2 Å². The summed E-state index contributed by atoms with van der Waals surface area (Å²) in [6, 6.07) is 9.09. The number of sulfonamides is 1. The molecule has 10 nitrogen and oxygen atoms in total. The number of unbranched alkanes of at least 4 members (excludes halogenated alkanes) is 1. The monoisotopic (exact) mass is 491 g/mol. The number of carbonyl (C=O) groups is 2. The summed E-state index contributed by atoms with van der Waals surface area (Å²) in [5.41, 5.74) is -0.341. The van der Waals surface area contributed by atoms with Gasteiger partial charge in [0.15, 0.2) is 11.4 Å².